The largest absolute Gasteiger partial charge is 0.444 e. The highest BCUT2D eigenvalue weighted by Gasteiger charge is 2.32. The van der Waals surface area contributed by atoms with Crippen molar-refractivity contribution >= 4 is 6.09 Å². The van der Waals surface area contributed by atoms with Crippen LogP contribution in [0.1, 0.15) is 51.8 Å². The molecule has 0 aliphatic heterocycles. The molecule has 1 amide bonds. The van der Waals surface area contributed by atoms with Crippen LogP contribution in [0.15, 0.2) is 34.9 Å². The first-order valence-electron chi connectivity index (χ1n) is 8.29. The van der Waals surface area contributed by atoms with E-state index in [1.807, 2.05) is 51.1 Å². The molecule has 0 unspecified atom stereocenters. The van der Waals surface area contributed by atoms with E-state index in [-0.39, 0.29) is 18.1 Å². The van der Waals surface area contributed by atoms with Gasteiger partial charge in [0, 0.05) is 17.5 Å². The Bertz CT molecular complexity index is 691. The molecule has 6 heteroatoms. The molecule has 128 valence electrons. The van der Waals surface area contributed by atoms with Crippen LogP contribution in [0.5, 0.6) is 0 Å². The summed E-state index contributed by atoms with van der Waals surface area (Å²) < 4.78 is 10.7. The van der Waals surface area contributed by atoms with Crippen molar-refractivity contribution in [2.24, 2.45) is 0 Å². The molecule has 24 heavy (non-hydrogen) atoms. The van der Waals surface area contributed by atoms with Crippen LogP contribution in [0.2, 0.25) is 0 Å². The number of benzene rings is 1. The van der Waals surface area contributed by atoms with Crippen molar-refractivity contribution in [3.05, 3.63) is 36.2 Å². The molecule has 2 atom stereocenters. The molecule has 1 aliphatic rings. The van der Waals surface area contributed by atoms with Crippen molar-refractivity contribution in [1.82, 2.24) is 15.5 Å². The first-order chi connectivity index (χ1) is 11.4. The Balaban J connectivity index is 1.58. The second-order valence-electron chi connectivity index (χ2n) is 7.18. The van der Waals surface area contributed by atoms with Gasteiger partial charge in [-0.1, -0.05) is 35.5 Å². The van der Waals surface area contributed by atoms with Gasteiger partial charge in [-0.05, 0) is 40.0 Å². The second-order valence-corrected chi connectivity index (χ2v) is 7.18. The Morgan fingerprint density at radius 1 is 1.25 bits per heavy atom. The predicted octanol–water partition coefficient (Wildman–Crippen LogP) is 3.90. The van der Waals surface area contributed by atoms with Crippen LogP contribution in [-0.2, 0) is 4.74 Å². The Morgan fingerprint density at radius 2 is 2.00 bits per heavy atom. The third-order valence-corrected chi connectivity index (χ3v) is 3.98. The molecule has 1 aliphatic carbocycles. The summed E-state index contributed by atoms with van der Waals surface area (Å²) >= 11 is 0. The lowest BCUT2D eigenvalue weighted by Crippen LogP contribution is -2.37. The van der Waals surface area contributed by atoms with Crippen LogP contribution >= 0.6 is 0 Å². The Kier molecular flexibility index (Phi) is 4.55. The summed E-state index contributed by atoms with van der Waals surface area (Å²) in [7, 11) is 0. The van der Waals surface area contributed by atoms with Gasteiger partial charge in [-0.25, -0.2) is 4.79 Å². The third-order valence-electron chi connectivity index (χ3n) is 3.98. The lowest BCUT2D eigenvalue weighted by Gasteiger charge is -2.21. The number of hydrogen-bond acceptors (Lipinski definition) is 5. The minimum atomic E-state index is -0.487. The van der Waals surface area contributed by atoms with E-state index in [4.69, 9.17) is 9.26 Å². The van der Waals surface area contributed by atoms with E-state index in [2.05, 4.69) is 15.5 Å². The summed E-state index contributed by atoms with van der Waals surface area (Å²) in [6.45, 7) is 5.56. The van der Waals surface area contributed by atoms with E-state index < -0.39 is 5.60 Å². The first-order valence-corrected chi connectivity index (χ1v) is 8.29. The molecule has 0 spiro atoms. The number of aromatic nitrogens is 2. The molecule has 1 fully saturated rings. The average Bonchev–Trinajstić information content (AvgIpc) is 3.15. The van der Waals surface area contributed by atoms with Gasteiger partial charge in [-0.3, -0.25) is 0 Å². The molecule has 0 radical (unpaired) electrons. The summed E-state index contributed by atoms with van der Waals surface area (Å²) in [4.78, 5) is 16.4. The zero-order chi connectivity index (χ0) is 17.2. The van der Waals surface area contributed by atoms with Crippen LogP contribution in [-0.4, -0.2) is 27.9 Å². The maximum Gasteiger partial charge on any atom is 0.407 e. The summed E-state index contributed by atoms with van der Waals surface area (Å²) in [6.07, 6.45) is 2.21. The van der Waals surface area contributed by atoms with Crippen LogP contribution in [0.4, 0.5) is 4.79 Å². The minimum absolute atomic E-state index is 0.0805. The van der Waals surface area contributed by atoms with Gasteiger partial charge in [0.1, 0.15) is 5.60 Å². The second kappa shape index (κ2) is 6.63. The molecular weight excluding hydrogens is 306 g/mol. The maximum atomic E-state index is 11.9. The van der Waals surface area contributed by atoms with Gasteiger partial charge in [-0.15, -0.1) is 0 Å². The van der Waals surface area contributed by atoms with Crippen LogP contribution in [0.3, 0.4) is 0 Å². The van der Waals surface area contributed by atoms with Crippen molar-refractivity contribution in [1.29, 1.82) is 0 Å². The van der Waals surface area contributed by atoms with Crippen molar-refractivity contribution in [3.63, 3.8) is 0 Å². The molecule has 0 bridgehead atoms. The Labute approximate surface area is 141 Å². The normalized spacial score (nSPS) is 20.8. The molecule has 6 nitrogen and oxygen atoms in total. The third kappa shape index (κ3) is 4.13. The van der Waals surface area contributed by atoms with E-state index in [0.29, 0.717) is 11.7 Å². The molecule has 1 aromatic carbocycles. The number of amides is 1. The quantitative estimate of drug-likeness (QED) is 0.924. The number of nitrogens with zero attached hydrogens (tertiary/aromatic N) is 2. The van der Waals surface area contributed by atoms with Crippen LogP contribution in [0, 0.1) is 0 Å². The lowest BCUT2D eigenvalue weighted by atomic mass is 10.1. The highest BCUT2D eigenvalue weighted by Crippen LogP contribution is 2.34. The van der Waals surface area contributed by atoms with Gasteiger partial charge in [0.2, 0.25) is 11.7 Å². The molecule has 3 rings (SSSR count). The van der Waals surface area contributed by atoms with Gasteiger partial charge in [-0.2, -0.15) is 4.98 Å². The minimum Gasteiger partial charge on any atom is -0.444 e. The number of alkyl carbamates (subject to hydrolysis) is 1. The van der Waals surface area contributed by atoms with Crippen LogP contribution in [0.25, 0.3) is 11.4 Å². The number of carbonyl (C=O) groups is 1. The molecule has 0 saturated heterocycles. The van der Waals surface area contributed by atoms with E-state index in [0.717, 1.165) is 24.8 Å². The van der Waals surface area contributed by atoms with E-state index in [9.17, 15) is 4.79 Å². The van der Waals surface area contributed by atoms with Gasteiger partial charge in [0.25, 0.3) is 0 Å². The molecular formula is C18H23N3O3. The highest BCUT2D eigenvalue weighted by atomic mass is 16.6. The zero-order valence-corrected chi connectivity index (χ0v) is 14.3. The molecule has 1 heterocycles. The summed E-state index contributed by atoms with van der Waals surface area (Å²) in [5, 5.41) is 6.99. The lowest BCUT2D eigenvalue weighted by molar-refractivity contribution is 0.0505. The van der Waals surface area contributed by atoms with E-state index in [1.165, 1.54) is 0 Å². The number of rotatable bonds is 3. The fraction of sp³-hybridized carbons (Fsp3) is 0.500. The SMILES string of the molecule is CC(C)(C)OC(=O)N[C@H]1CC[C@H](c2nc(-c3ccccc3)no2)C1. The Hall–Kier alpha value is -2.37. The number of hydrogen-bond donors (Lipinski definition) is 1. The molecule has 1 saturated carbocycles. The van der Waals surface area contributed by atoms with Crippen molar-refractivity contribution in [2.45, 2.75) is 57.6 Å². The maximum absolute atomic E-state index is 11.9. The average molecular weight is 329 g/mol. The predicted molar refractivity (Wildman–Crippen MR) is 89.5 cm³/mol. The highest BCUT2D eigenvalue weighted by molar-refractivity contribution is 5.68. The fourth-order valence-electron chi connectivity index (χ4n) is 2.92. The summed E-state index contributed by atoms with van der Waals surface area (Å²) in [5.41, 5.74) is 0.452. The molecule has 1 N–H and O–H groups in total. The number of carbonyl (C=O) groups excluding carboxylic acids is 1. The van der Waals surface area contributed by atoms with Gasteiger partial charge >= 0.3 is 6.09 Å². The van der Waals surface area contributed by atoms with Gasteiger partial charge in [0.15, 0.2) is 0 Å². The molecule has 1 aromatic heterocycles. The van der Waals surface area contributed by atoms with Crippen LogP contribution < -0.4 is 5.32 Å². The topological polar surface area (TPSA) is 77.2 Å². The van der Waals surface area contributed by atoms with Crippen molar-refractivity contribution in [3.8, 4) is 11.4 Å². The summed E-state index contributed by atoms with van der Waals surface area (Å²) in [6, 6.07) is 9.83. The van der Waals surface area contributed by atoms with Gasteiger partial charge < -0.3 is 14.6 Å². The first kappa shape index (κ1) is 16.5. The Morgan fingerprint density at radius 3 is 2.71 bits per heavy atom. The standard InChI is InChI=1S/C18H23N3O3/c1-18(2,3)23-17(22)19-14-10-9-13(11-14)16-20-15(21-24-16)12-7-5-4-6-8-12/h4-8,13-14H,9-11H2,1-3H3,(H,19,22)/t13-,14-/m0/s1. The fourth-order valence-corrected chi connectivity index (χ4v) is 2.92. The number of nitrogens with one attached hydrogen (secondary N) is 1. The number of ether oxygens (including phenoxy) is 1. The zero-order valence-electron chi connectivity index (χ0n) is 14.3. The smallest absolute Gasteiger partial charge is 0.407 e. The van der Waals surface area contributed by atoms with Crippen molar-refractivity contribution < 1.29 is 14.1 Å². The van der Waals surface area contributed by atoms with Gasteiger partial charge in [0.05, 0.1) is 0 Å². The van der Waals surface area contributed by atoms with E-state index >= 15 is 0 Å². The van der Waals surface area contributed by atoms with E-state index in [1.54, 1.807) is 0 Å². The molecule has 2 aromatic rings. The monoisotopic (exact) mass is 329 g/mol. The summed E-state index contributed by atoms with van der Waals surface area (Å²) in [5.74, 6) is 1.42. The van der Waals surface area contributed by atoms with Crippen molar-refractivity contribution in [2.75, 3.05) is 0 Å².